The second-order valence-electron chi connectivity index (χ2n) is 6.94. The molecule has 1 fully saturated rings. The van der Waals surface area contributed by atoms with E-state index in [0.717, 1.165) is 6.54 Å². The monoisotopic (exact) mass is 362 g/mol. The topological polar surface area (TPSA) is 75.0 Å². The Bertz CT molecular complexity index is 1210. The lowest BCUT2D eigenvalue weighted by molar-refractivity contribution is 0.482. The highest BCUT2D eigenvalue weighted by molar-refractivity contribution is 5.72. The first-order valence-electron chi connectivity index (χ1n) is 9.01. The van der Waals surface area contributed by atoms with Gasteiger partial charge in [-0.1, -0.05) is 18.2 Å². The predicted octanol–water partition coefficient (Wildman–Crippen LogP) is 2.40. The van der Waals surface area contributed by atoms with E-state index in [4.69, 9.17) is 4.42 Å². The molecule has 0 N–H and O–H groups in total. The van der Waals surface area contributed by atoms with Crippen molar-refractivity contribution in [3.8, 4) is 5.69 Å². The lowest BCUT2D eigenvalue weighted by Gasteiger charge is -2.12. The van der Waals surface area contributed by atoms with Gasteiger partial charge >= 0.3 is 5.69 Å². The zero-order valence-electron chi connectivity index (χ0n) is 14.6. The van der Waals surface area contributed by atoms with E-state index < -0.39 is 5.69 Å². The minimum Gasteiger partial charge on any atom is -0.467 e. The normalized spacial score (nSPS) is 14.1. The Kier molecular flexibility index (Phi) is 3.60. The van der Waals surface area contributed by atoms with Gasteiger partial charge in [0.15, 0.2) is 11.2 Å². The molecule has 0 saturated heterocycles. The zero-order valence-corrected chi connectivity index (χ0v) is 14.6. The van der Waals surface area contributed by atoms with Gasteiger partial charge in [0.05, 0.1) is 24.8 Å². The second kappa shape index (κ2) is 6.12. The molecule has 0 unspecified atom stereocenters. The average Bonchev–Trinajstić information content (AvgIpc) is 3.17. The molecule has 7 nitrogen and oxygen atoms in total. The molecule has 0 amide bonds. The lowest BCUT2D eigenvalue weighted by Crippen LogP contribution is -2.40. The van der Waals surface area contributed by atoms with Gasteiger partial charge in [-0.3, -0.25) is 9.36 Å². The van der Waals surface area contributed by atoms with Crippen molar-refractivity contribution < 1.29 is 4.42 Å². The smallest absolute Gasteiger partial charge is 0.337 e. The molecule has 7 heteroatoms. The van der Waals surface area contributed by atoms with Gasteiger partial charge in [0.25, 0.3) is 5.56 Å². The van der Waals surface area contributed by atoms with Crippen molar-refractivity contribution in [2.75, 3.05) is 0 Å². The molecule has 3 aromatic heterocycles. The fourth-order valence-electron chi connectivity index (χ4n) is 3.40. The van der Waals surface area contributed by atoms with Gasteiger partial charge in [-0.05, 0) is 43.0 Å². The van der Waals surface area contributed by atoms with Crippen LogP contribution in [0.2, 0.25) is 0 Å². The maximum Gasteiger partial charge on any atom is 0.337 e. The molecule has 0 radical (unpaired) electrons. The van der Waals surface area contributed by atoms with Crippen molar-refractivity contribution in [2.45, 2.75) is 25.9 Å². The molecule has 0 atom stereocenters. The molecule has 1 aromatic carbocycles. The quantitative estimate of drug-likeness (QED) is 0.546. The Balaban J connectivity index is 1.80. The summed E-state index contributed by atoms with van der Waals surface area (Å²) >= 11 is 0. The highest BCUT2D eigenvalue weighted by Crippen LogP contribution is 2.31. The molecular formula is C20H18N4O3. The van der Waals surface area contributed by atoms with Gasteiger partial charge in [-0.2, -0.15) is 0 Å². The summed E-state index contributed by atoms with van der Waals surface area (Å²) < 4.78 is 9.97. The van der Waals surface area contributed by atoms with Gasteiger partial charge in [-0.15, -0.1) is 0 Å². The molecule has 0 spiro atoms. The van der Waals surface area contributed by atoms with Gasteiger partial charge in [0.1, 0.15) is 5.76 Å². The van der Waals surface area contributed by atoms with Crippen LogP contribution < -0.4 is 11.2 Å². The fraction of sp³-hybridized carbons (Fsp3) is 0.250. The van der Waals surface area contributed by atoms with E-state index in [1.165, 1.54) is 28.2 Å². The number of rotatable bonds is 5. The number of para-hydroxylation sites is 1. The highest BCUT2D eigenvalue weighted by Gasteiger charge is 2.25. The molecule has 0 bridgehead atoms. The van der Waals surface area contributed by atoms with Crippen LogP contribution in [-0.4, -0.2) is 18.7 Å². The second-order valence-corrected chi connectivity index (χ2v) is 6.94. The highest BCUT2D eigenvalue weighted by atomic mass is 16.3. The third-order valence-electron chi connectivity index (χ3n) is 4.96. The number of hydrogen-bond acceptors (Lipinski definition) is 4. The first kappa shape index (κ1) is 15.9. The van der Waals surface area contributed by atoms with Crippen molar-refractivity contribution in [3.63, 3.8) is 0 Å². The van der Waals surface area contributed by atoms with Crippen LogP contribution in [0.3, 0.4) is 0 Å². The Morgan fingerprint density at radius 2 is 1.89 bits per heavy atom. The van der Waals surface area contributed by atoms with Crippen LogP contribution in [0.25, 0.3) is 16.9 Å². The molecule has 0 aliphatic heterocycles. The molecule has 1 aliphatic rings. The summed E-state index contributed by atoms with van der Waals surface area (Å²) in [4.78, 5) is 30.8. The average molecular weight is 362 g/mol. The fourth-order valence-corrected chi connectivity index (χ4v) is 3.40. The van der Waals surface area contributed by atoms with E-state index in [1.54, 1.807) is 18.5 Å². The van der Waals surface area contributed by atoms with Gasteiger partial charge in [0.2, 0.25) is 0 Å². The van der Waals surface area contributed by atoms with Gasteiger partial charge < -0.3 is 8.98 Å². The number of imidazole rings is 1. The summed E-state index contributed by atoms with van der Waals surface area (Å²) in [5.41, 5.74) is 0.769. The van der Waals surface area contributed by atoms with Crippen LogP contribution in [-0.2, 0) is 13.1 Å². The SMILES string of the molecule is O=c1c2c(ncn2CC2CC2)n(-c2ccccc2)c(=O)n1Cc1ccco1. The standard InChI is InChI=1S/C20H18N4O3/c25-19-17-18(21-13-22(17)11-14-8-9-14)24(15-5-2-1-3-6-15)20(26)23(19)12-16-7-4-10-27-16/h1-7,10,13-14H,8-9,11-12H2. The van der Waals surface area contributed by atoms with E-state index in [0.29, 0.717) is 28.5 Å². The molecule has 3 heterocycles. The summed E-state index contributed by atoms with van der Waals surface area (Å²) in [6, 6.07) is 12.8. The van der Waals surface area contributed by atoms with Crippen molar-refractivity contribution in [2.24, 2.45) is 5.92 Å². The third kappa shape index (κ3) is 2.71. The van der Waals surface area contributed by atoms with Gasteiger partial charge in [0, 0.05) is 6.54 Å². The largest absolute Gasteiger partial charge is 0.467 e. The van der Waals surface area contributed by atoms with Crippen molar-refractivity contribution in [1.29, 1.82) is 0 Å². The number of nitrogens with zero attached hydrogens (tertiary/aromatic N) is 4. The van der Waals surface area contributed by atoms with Gasteiger partial charge in [-0.25, -0.2) is 14.3 Å². The predicted molar refractivity (Wildman–Crippen MR) is 100 cm³/mol. The van der Waals surface area contributed by atoms with Crippen LogP contribution >= 0.6 is 0 Å². The zero-order chi connectivity index (χ0) is 18.4. The number of hydrogen-bond donors (Lipinski definition) is 0. The third-order valence-corrected chi connectivity index (χ3v) is 4.96. The number of furan rings is 1. The van der Waals surface area contributed by atoms with E-state index in [9.17, 15) is 9.59 Å². The summed E-state index contributed by atoms with van der Waals surface area (Å²) in [7, 11) is 0. The molecule has 5 rings (SSSR count). The first-order valence-corrected chi connectivity index (χ1v) is 9.01. The van der Waals surface area contributed by atoms with Crippen LogP contribution in [0.4, 0.5) is 0 Å². The maximum absolute atomic E-state index is 13.2. The van der Waals surface area contributed by atoms with Crippen molar-refractivity contribution in [1.82, 2.24) is 18.7 Å². The number of benzene rings is 1. The number of aromatic nitrogens is 4. The summed E-state index contributed by atoms with van der Waals surface area (Å²) in [6.07, 6.45) is 5.53. The van der Waals surface area contributed by atoms with Crippen LogP contribution in [0, 0.1) is 5.92 Å². The minimum atomic E-state index is -0.424. The molecule has 1 saturated carbocycles. The first-order chi connectivity index (χ1) is 13.2. The summed E-state index contributed by atoms with van der Waals surface area (Å²) in [6.45, 7) is 0.835. The van der Waals surface area contributed by atoms with E-state index in [1.807, 2.05) is 34.9 Å². The lowest BCUT2D eigenvalue weighted by atomic mass is 10.3. The van der Waals surface area contributed by atoms with E-state index >= 15 is 0 Å². The molecule has 27 heavy (non-hydrogen) atoms. The Morgan fingerprint density at radius 3 is 2.59 bits per heavy atom. The summed E-state index contributed by atoms with van der Waals surface area (Å²) in [5, 5.41) is 0. The van der Waals surface area contributed by atoms with Crippen LogP contribution in [0.1, 0.15) is 18.6 Å². The van der Waals surface area contributed by atoms with E-state index in [2.05, 4.69) is 4.98 Å². The summed E-state index contributed by atoms with van der Waals surface area (Å²) in [5.74, 6) is 1.14. The molecular weight excluding hydrogens is 344 g/mol. The van der Waals surface area contributed by atoms with Crippen molar-refractivity contribution in [3.05, 3.63) is 81.7 Å². The van der Waals surface area contributed by atoms with E-state index in [-0.39, 0.29) is 12.1 Å². The van der Waals surface area contributed by atoms with Crippen LogP contribution in [0.5, 0.6) is 0 Å². The van der Waals surface area contributed by atoms with Crippen LogP contribution in [0.15, 0.2) is 69.1 Å². The Hall–Kier alpha value is -3.35. The molecule has 4 aromatic rings. The number of fused-ring (bicyclic) bond motifs is 1. The Morgan fingerprint density at radius 1 is 1.07 bits per heavy atom. The maximum atomic E-state index is 13.2. The Labute approximate surface area is 154 Å². The molecule has 136 valence electrons. The minimum absolute atomic E-state index is 0.0854. The van der Waals surface area contributed by atoms with Crippen molar-refractivity contribution >= 4 is 11.2 Å². The molecule has 1 aliphatic carbocycles.